The fraction of sp³-hybridized carbons (Fsp3) is 0.231. The normalized spacial score (nSPS) is 13.9. The van der Waals surface area contributed by atoms with E-state index < -0.39 is 11.9 Å². The van der Waals surface area contributed by atoms with Crippen molar-refractivity contribution in [3.8, 4) is 22.8 Å². The molecule has 0 atom stereocenters. The molecule has 0 spiro atoms. The maximum absolute atomic E-state index is 12.6. The molecule has 1 aliphatic rings. The zero-order valence-corrected chi connectivity index (χ0v) is 18.9. The van der Waals surface area contributed by atoms with Crippen molar-refractivity contribution >= 4 is 17.8 Å². The number of carbonyl (C=O) groups is 3. The van der Waals surface area contributed by atoms with Crippen molar-refractivity contribution in [1.82, 2.24) is 9.88 Å². The van der Waals surface area contributed by atoms with Crippen LogP contribution in [-0.4, -0.2) is 57.1 Å². The molecule has 1 saturated heterocycles. The number of aromatic hydroxyl groups is 1. The van der Waals surface area contributed by atoms with Crippen molar-refractivity contribution in [3.05, 3.63) is 77.5 Å². The van der Waals surface area contributed by atoms with Crippen molar-refractivity contribution in [2.24, 2.45) is 5.73 Å². The molecule has 2 heterocycles. The molecular formula is C26H25N3O6. The Bertz CT molecular complexity index is 1230. The number of carboxylic acid groups (broad SMARTS) is 1. The van der Waals surface area contributed by atoms with Gasteiger partial charge in [-0.3, -0.25) is 9.59 Å². The van der Waals surface area contributed by atoms with Crippen molar-refractivity contribution < 1.29 is 29.3 Å². The van der Waals surface area contributed by atoms with Crippen LogP contribution in [0.4, 0.5) is 0 Å². The first-order chi connectivity index (χ1) is 16.8. The molecule has 4 rings (SSSR count). The fourth-order valence-corrected chi connectivity index (χ4v) is 3.97. The van der Waals surface area contributed by atoms with E-state index in [0.717, 1.165) is 5.56 Å². The zero-order chi connectivity index (χ0) is 24.9. The van der Waals surface area contributed by atoms with Gasteiger partial charge >= 0.3 is 5.97 Å². The summed E-state index contributed by atoms with van der Waals surface area (Å²) in [6.07, 6.45) is 2.75. The van der Waals surface area contributed by atoms with Gasteiger partial charge in [-0.2, -0.15) is 0 Å². The van der Waals surface area contributed by atoms with Crippen molar-refractivity contribution in [3.63, 3.8) is 0 Å². The highest BCUT2D eigenvalue weighted by Crippen LogP contribution is 2.27. The van der Waals surface area contributed by atoms with Crippen molar-refractivity contribution in [2.45, 2.75) is 25.4 Å². The second kappa shape index (κ2) is 10.3. The third-order valence-electron chi connectivity index (χ3n) is 5.95. The van der Waals surface area contributed by atoms with Crippen LogP contribution in [0.1, 0.15) is 39.1 Å². The van der Waals surface area contributed by atoms with E-state index >= 15 is 0 Å². The molecule has 1 aliphatic heterocycles. The first-order valence-corrected chi connectivity index (χ1v) is 11.2. The molecule has 2 aromatic carbocycles. The Labute approximate surface area is 201 Å². The average molecular weight is 476 g/mol. The smallest absolute Gasteiger partial charge is 0.335 e. The van der Waals surface area contributed by atoms with Crippen LogP contribution in [0.3, 0.4) is 0 Å². The van der Waals surface area contributed by atoms with E-state index in [1.165, 1.54) is 12.1 Å². The highest BCUT2D eigenvalue weighted by molar-refractivity contribution is 5.96. The summed E-state index contributed by atoms with van der Waals surface area (Å²) in [5.41, 5.74) is 7.99. The van der Waals surface area contributed by atoms with Gasteiger partial charge in [0.15, 0.2) is 0 Å². The minimum atomic E-state index is -1.02. The lowest BCUT2D eigenvalue weighted by Crippen LogP contribution is -2.42. The number of carboxylic acids is 1. The SMILES string of the molecule is NC(=O)c1cc(-c2ccc(C(=O)O)cc2)cnc1OC1CCN(C(=O)Cc2ccc(O)cc2)CC1. The standard InChI is InChI=1S/C26H25N3O6/c27-24(32)22-14-19(17-3-5-18(6-4-17)26(33)34)15-28-25(22)35-21-9-11-29(12-10-21)23(31)13-16-1-7-20(30)8-2-16/h1-8,14-15,21,30H,9-13H2,(H2,27,32)(H,33,34). The molecule has 1 fully saturated rings. The molecule has 9 nitrogen and oxygen atoms in total. The molecular weight excluding hydrogens is 450 g/mol. The Balaban J connectivity index is 1.39. The molecule has 1 aromatic heterocycles. The topological polar surface area (TPSA) is 143 Å². The summed E-state index contributed by atoms with van der Waals surface area (Å²) < 4.78 is 5.99. The summed E-state index contributed by atoms with van der Waals surface area (Å²) in [7, 11) is 0. The second-order valence-electron chi connectivity index (χ2n) is 8.36. The first kappa shape index (κ1) is 23.7. The van der Waals surface area contributed by atoms with Gasteiger partial charge in [-0.15, -0.1) is 0 Å². The number of phenols is 1. The number of ether oxygens (including phenoxy) is 1. The Hall–Kier alpha value is -4.40. The number of amides is 2. The summed E-state index contributed by atoms with van der Waals surface area (Å²) in [5, 5.41) is 18.4. The molecule has 180 valence electrons. The Kier molecular flexibility index (Phi) is 6.96. The number of primary amides is 1. The van der Waals surface area contributed by atoms with Crippen LogP contribution in [0.2, 0.25) is 0 Å². The number of phenolic OH excluding ortho intramolecular Hbond substituents is 1. The lowest BCUT2D eigenvalue weighted by molar-refractivity contribution is -0.132. The van der Waals surface area contributed by atoms with Gasteiger partial charge in [0.05, 0.1) is 12.0 Å². The quantitative estimate of drug-likeness (QED) is 0.477. The van der Waals surface area contributed by atoms with Crippen LogP contribution < -0.4 is 10.5 Å². The van der Waals surface area contributed by atoms with Gasteiger partial charge in [0.1, 0.15) is 17.4 Å². The number of pyridine rings is 1. The van der Waals surface area contributed by atoms with E-state index in [9.17, 15) is 19.5 Å². The summed E-state index contributed by atoms with van der Waals surface area (Å²) in [4.78, 5) is 41.8. The van der Waals surface area contributed by atoms with Crippen LogP contribution in [-0.2, 0) is 11.2 Å². The molecule has 0 unspecified atom stereocenters. The second-order valence-corrected chi connectivity index (χ2v) is 8.36. The number of aromatic carboxylic acids is 1. The fourth-order valence-electron chi connectivity index (χ4n) is 3.97. The van der Waals surface area contributed by atoms with Gasteiger partial charge in [0.25, 0.3) is 5.91 Å². The Morgan fingerprint density at radius 1 is 1.00 bits per heavy atom. The molecule has 0 bridgehead atoms. The summed E-state index contributed by atoms with van der Waals surface area (Å²) in [6.45, 7) is 1.03. The molecule has 0 aliphatic carbocycles. The van der Waals surface area contributed by atoms with Gasteiger partial charge in [-0.1, -0.05) is 24.3 Å². The molecule has 9 heteroatoms. The van der Waals surface area contributed by atoms with Gasteiger partial charge < -0.3 is 25.6 Å². The number of aromatic nitrogens is 1. The number of hydrogen-bond acceptors (Lipinski definition) is 6. The number of nitrogens with zero attached hydrogens (tertiary/aromatic N) is 2. The Morgan fingerprint density at radius 3 is 2.26 bits per heavy atom. The predicted molar refractivity (Wildman–Crippen MR) is 127 cm³/mol. The van der Waals surface area contributed by atoms with Crippen molar-refractivity contribution in [2.75, 3.05) is 13.1 Å². The lowest BCUT2D eigenvalue weighted by atomic mass is 10.0. The highest BCUT2D eigenvalue weighted by atomic mass is 16.5. The van der Waals surface area contributed by atoms with Crippen LogP contribution in [0.25, 0.3) is 11.1 Å². The number of nitrogens with two attached hydrogens (primary N) is 1. The van der Waals surface area contributed by atoms with Crippen molar-refractivity contribution in [1.29, 1.82) is 0 Å². The summed E-state index contributed by atoms with van der Waals surface area (Å²) in [5.74, 6) is -1.41. The van der Waals surface area contributed by atoms with Gasteiger partial charge in [0.2, 0.25) is 11.8 Å². The highest BCUT2D eigenvalue weighted by Gasteiger charge is 2.26. The van der Waals surface area contributed by atoms with Crippen LogP contribution in [0, 0.1) is 0 Å². The predicted octanol–water partition coefficient (Wildman–Crippen LogP) is 2.86. The van der Waals surface area contributed by atoms with E-state index in [-0.39, 0.29) is 41.2 Å². The summed E-state index contributed by atoms with van der Waals surface area (Å²) >= 11 is 0. The maximum atomic E-state index is 12.6. The number of piperidine rings is 1. The molecule has 0 saturated carbocycles. The number of hydrogen-bond donors (Lipinski definition) is 3. The van der Waals surface area contributed by atoms with Crippen LogP contribution in [0.5, 0.6) is 11.6 Å². The Morgan fingerprint density at radius 2 is 1.66 bits per heavy atom. The molecule has 2 amide bonds. The first-order valence-electron chi connectivity index (χ1n) is 11.2. The minimum Gasteiger partial charge on any atom is -0.508 e. The third-order valence-corrected chi connectivity index (χ3v) is 5.95. The van der Waals surface area contributed by atoms with Gasteiger partial charge in [-0.25, -0.2) is 9.78 Å². The van der Waals surface area contributed by atoms with E-state index in [2.05, 4.69) is 4.98 Å². The maximum Gasteiger partial charge on any atom is 0.335 e. The monoisotopic (exact) mass is 475 g/mol. The zero-order valence-electron chi connectivity index (χ0n) is 18.9. The molecule has 4 N–H and O–H groups in total. The summed E-state index contributed by atoms with van der Waals surface area (Å²) in [6, 6.07) is 14.4. The van der Waals surface area contributed by atoms with Gasteiger partial charge in [-0.05, 0) is 41.5 Å². The van der Waals surface area contributed by atoms with E-state index in [1.807, 2.05) is 0 Å². The molecule has 0 radical (unpaired) electrons. The number of rotatable bonds is 7. The average Bonchev–Trinajstić information content (AvgIpc) is 2.86. The minimum absolute atomic E-state index is 0.00311. The van der Waals surface area contributed by atoms with Crippen LogP contribution in [0.15, 0.2) is 60.8 Å². The lowest BCUT2D eigenvalue weighted by Gasteiger charge is -2.32. The van der Waals surface area contributed by atoms with E-state index in [0.29, 0.717) is 37.1 Å². The van der Waals surface area contributed by atoms with E-state index in [1.54, 1.807) is 53.6 Å². The van der Waals surface area contributed by atoms with E-state index in [4.69, 9.17) is 15.6 Å². The third kappa shape index (κ3) is 5.75. The number of carbonyl (C=O) groups excluding carboxylic acids is 2. The number of likely N-dealkylation sites (tertiary alicyclic amines) is 1. The molecule has 3 aromatic rings. The number of benzene rings is 2. The van der Waals surface area contributed by atoms with Gasteiger partial charge in [0, 0.05) is 37.7 Å². The largest absolute Gasteiger partial charge is 0.508 e. The van der Waals surface area contributed by atoms with Crippen LogP contribution >= 0.6 is 0 Å². The molecule has 35 heavy (non-hydrogen) atoms.